The van der Waals surface area contributed by atoms with Gasteiger partial charge in [-0.1, -0.05) is 36.4 Å². The number of halogens is 1. The van der Waals surface area contributed by atoms with E-state index >= 15 is 0 Å². The van der Waals surface area contributed by atoms with Gasteiger partial charge >= 0.3 is 0 Å². The Balaban J connectivity index is 1.92. The molecule has 0 saturated carbocycles. The molecule has 0 spiro atoms. The molecule has 2 aromatic rings. The summed E-state index contributed by atoms with van der Waals surface area (Å²) in [5.74, 6) is -0.249. The van der Waals surface area contributed by atoms with Crippen LogP contribution in [0.3, 0.4) is 0 Å². The lowest BCUT2D eigenvalue weighted by atomic mass is 9.90. The Bertz CT molecular complexity index is 567. The molecule has 1 aliphatic heterocycles. The minimum Gasteiger partial charge on any atom is -0.371 e. The molecule has 0 aliphatic carbocycles. The van der Waals surface area contributed by atoms with Gasteiger partial charge in [0.05, 0.1) is 12.6 Å². The van der Waals surface area contributed by atoms with Crippen LogP contribution in [0.4, 0.5) is 4.39 Å². The molecule has 2 aromatic carbocycles. The molecule has 0 bridgehead atoms. The van der Waals surface area contributed by atoms with Gasteiger partial charge in [-0.05, 0) is 35.2 Å². The van der Waals surface area contributed by atoms with Gasteiger partial charge in [0.15, 0.2) is 0 Å². The van der Waals surface area contributed by atoms with Crippen LogP contribution in [-0.2, 0) is 11.2 Å². The molecular formula is C16H16FNO. The van der Waals surface area contributed by atoms with Crippen molar-refractivity contribution in [2.75, 3.05) is 6.61 Å². The molecule has 2 atom stereocenters. The first kappa shape index (κ1) is 12.3. The second-order valence-electron chi connectivity index (χ2n) is 4.82. The van der Waals surface area contributed by atoms with Crippen molar-refractivity contribution in [2.24, 2.45) is 5.73 Å². The first-order valence-corrected chi connectivity index (χ1v) is 6.46. The molecule has 2 N–H and O–H groups in total. The highest BCUT2D eigenvalue weighted by Gasteiger charge is 2.27. The van der Waals surface area contributed by atoms with E-state index in [9.17, 15) is 4.39 Å². The molecule has 19 heavy (non-hydrogen) atoms. The smallest absolute Gasteiger partial charge is 0.123 e. The number of hydrogen-bond donors (Lipinski definition) is 1. The molecule has 1 heterocycles. The van der Waals surface area contributed by atoms with E-state index in [0.29, 0.717) is 6.61 Å². The highest BCUT2D eigenvalue weighted by molar-refractivity contribution is 5.34. The quantitative estimate of drug-likeness (QED) is 0.897. The van der Waals surface area contributed by atoms with E-state index in [2.05, 4.69) is 12.1 Å². The van der Waals surface area contributed by atoms with Crippen LogP contribution in [0.15, 0.2) is 48.5 Å². The normalized spacial score (nSPS) is 19.8. The van der Waals surface area contributed by atoms with E-state index in [4.69, 9.17) is 10.5 Å². The van der Waals surface area contributed by atoms with Gasteiger partial charge in [0.1, 0.15) is 11.9 Å². The summed E-state index contributed by atoms with van der Waals surface area (Å²) in [7, 11) is 0. The van der Waals surface area contributed by atoms with Gasteiger partial charge in [0.25, 0.3) is 0 Å². The zero-order valence-electron chi connectivity index (χ0n) is 10.6. The molecule has 2 nitrogen and oxygen atoms in total. The summed E-state index contributed by atoms with van der Waals surface area (Å²) in [5.41, 5.74) is 9.61. The lowest BCUT2D eigenvalue weighted by molar-refractivity contribution is 0.0241. The molecule has 0 amide bonds. The number of hydrogen-bond acceptors (Lipinski definition) is 2. The maximum absolute atomic E-state index is 13.0. The number of fused-ring (bicyclic) bond motifs is 1. The van der Waals surface area contributed by atoms with Crippen molar-refractivity contribution in [2.45, 2.75) is 18.6 Å². The third-order valence-corrected chi connectivity index (χ3v) is 3.61. The first-order valence-electron chi connectivity index (χ1n) is 6.46. The van der Waals surface area contributed by atoms with Gasteiger partial charge < -0.3 is 10.5 Å². The Labute approximate surface area is 112 Å². The van der Waals surface area contributed by atoms with E-state index in [1.165, 1.54) is 17.7 Å². The third kappa shape index (κ3) is 2.39. The second kappa shape index (κ2) is 5.11. The van der Waals surface area contributed by atoms with Crippen molar-refractivity contribution < 1.29 is 9.13 Å². The van der Waals surface area contributed by atoms with Crippen LogP contribution in [-0.4, -0.2) is 6.61 Å². The molecule has 98 valence electrons. The highest BCUT2D eigenvalue weighted by Crippen LogP contribution is 2.35. The van der Waals surface area contributed by atoms with Crippen molar-refractivity contribution in [1.82, 2.24) is 0 Å². The summed E-state index contributed by atoms with van der Waals surface area (Å²) in [6, 6.07) is 14.2. The summed E-state index contributed by atoms with van der Waals surface area (Å²) in [5, 5.41) is 0. The van der Waals surface area contributed by atoms with Crippen molar-refractivity contribution in [3.63, 3.8) is 0 Å². The number of nitrogens with two attached hydrogens (primary N) is 1. The van der Waals surface area contributed by atoms with Crippen LogP contribution in [0.1, 0.15) is 28.8 Å². The maximum Gasteiger partial charge on any atom is 0.123 e. The Kier molecular flexibility index (Phi) is 3.32. The van der Waals surface area contributed by atoms with Gasteiger partial charge in [-0.15, -0.1) is 0 Å². The monoisotopic (exact) mass is 257 g/mol. The van der Waals surface area contributed by atoms with Crippen LogP contribution < -0.4 is 5.73 Å². The standard InChI is InChI=1S/C16H16FNO/c17-13-7-5-12(6-8-13)15(18)16-14-4-2-1-3-11(14)9-10-19-16/h1-8,15-16H,9-10,18H2. The maximum atomic E-state index is 13.0. The van der Waals surface area contributed by atoms with Crippen molar-refractivity contribution >= 4 is 0 Å². The fraction of sp³-hybridized carbons (Fsp3) is 0.250. The van der Waals surface area contributed by atoms with Crippen molar-refractivity contribution in [3.05, 3.63) is 71.0 Å². The minimum atomic E-state index is -0.276. The fourth-order valence-electron chi connectivity index (χ4n) is 2.58. The summed E-state index contributed by atoms with van der Waals surface area (Å²) in [6.45, 7) is 0.677. The van der Waals surface area contributed by atoms with E-state index in [-0.39, 0.29) is 18.0 Å². The first-order chi connectivity index (χ1) is 9.25. The van der Waals surface area contributed by atoms with Crippen LogP contribution in [0.25, 0.3) is 0 Å². The number of benzene rings is 2. The predicted octanol–water partition coefficient (Wildman–Crippen LogP) is 3.14. The molecule has 3 rings (SSSR count). The highest BCUT2D eigenvalue weighted by atomic mass is 19.1. The van der Waals surface area contributed by atoms with Crippen LogP contribution in [0, 0.1) is 5.82 Å². The van der Waals surface area contributed by atoms with E-state index < -0.39 is 0 Å². The van der Waals surface area contributed by atoms with Crippen LogP contribution in [0.2, 0.25) is 0 Å². The van der Waals surface area contributed by atoms with E-state index in [0.717, 1.165) is 17.5 Å². The second-order valence-corrected chi connectivity index (χ2v) is 4.82. The number of rotatable bonds is 2. The lowest BCUT2D eigenvalue weighted by Crippen LogP contribution is -2.27. The van der Waals surface area contributed by atoms with Crippen molar-refractivity contribution in [3.8, 4) is 0 Å². The van der Waals surface area contributed by atoms with Gasteiger partial charge in [0, 0.05) is 0 Å². The zero-order valence-corrected chi connectivity index (χ0v) is 10.6. The van der Waals surface area contributed by atoms with Crippen LogP contribution in [0.5, 0.6) is 0 Å². The average molecular weight is 257 g/mol. The molecular weight excluding hydrogens is 241 g/mol. The van der Waals surface area contributed by atoms with Crippen LogP contribution >= 0.6 is 0 Å². The SMILES string of the molecule is NC(c1ccc(F)cc1)C1OCCc2ccccc21. The fourth-order valence-corrected chi connectivity index (χ4v) is 2.58. The molecule has 1 aliphatic rings. The van der Waals surface area contributed by atoms with E-state index in [1.807, 2.05) is 12.1 Å². The Hall–Kier alpha value is -1.71. The summed E-state index contributed by atoms with van der Waals surface area (Å²) < 4.78 is 18.8. The largest absolute Gasteiger partial charge is 0.371 e. The molecule has 0 radical (unpaired) electrons. The zero-order chi connectivity index (χ0) is 13.2. The van der Waals surface area contributed by atoms with E-state index in [1.54, 1.807) is 12.1 Å². The van der Waals surface area contributed by atoms with Gasteiger partial charge in [-0.2, -0.15) is 0 Å². The Morgan fingerprint density at radius 3 is 2.63 bits per heavy atom. The Morgan fingerprint density at radius 2 is 1.84 bits per heavy atom. The topological polar surface area (TPSA) is 35.2 Å². The summed E-state index contributed by atoms with van der Waals surface area (Å²) >= 11 is 0. The predicted molar refractivity (Wildman–Crippen MR) is 72.2 cm³/mol. The third-order valence-electron chi connectivity index (χ3n) is 3.61. The number of ether oxygens (including phenoxy) is 1. The van der Waals surface area contributed by atoms with Crippen molar-refractivity contribution in [1.29, 1.82) is 0 Å². The minimum absolute atomic E-state index is 0.157. The Morgan fingerprint density at radius 1 is 1.11 bits per heavy atom. The molecule has 0 fully saturated rings. The summed E-state index contributed by atoms with van der Waals surface area (Å²) in [4.78, 5) is 0. The molecule has 2 unspecified atom stereocenters. The summed E-state index contributed by atoms with van der Waals surface area (Å²) in [6.07, 6.45) is 0.762. The molecule has 3 heteroatoms. The molecule has 0 saturated heterocycles. The average Bonchev–Trinajstić information content (AvgIpc) is 2.47. The van der Waals surface area contributed by atoms with Gasteiger partial charge in [0.2, 0.25) is 0 Å². The lowest BCUT2D eigenvalue weighted by Gasteiger charge is -2.30. The van der Waals surface area contributed by atoms with Gasteiger partial charge in [-0.25, -0.2) is 4.39 Å². The van der Waals surface area contributed by atoms with Gasteiger partial charge in [-0.3, -0.25) is 0 Å². The molecule has 0 aromatic heterocycles.